The average Bonchev–Trinajstić information content (AvgIpc) is 3.62. The summed E-state index contributed by atoms with van der Waals surface area (Å²) < 4.78 is 31.5. The number of aromatic nitrogens is 4. The van der Waals surface area contributed by atoms with Gasteiger partial charge in [-0.25, -0.2) is 18.7 Å². The molecule has 6 rings (SSSR count). The molecule has 0 saturated carbocycles. The van der Waals surface area contributed by atoms with E-state index in [-0.39, 0.29) is 42.8 Å². The van der Waals surface area contributed by atoms with Gasteiger partial charge in [0.1, 0.15) is 18.5 Å². The highest BCUT2D eigenvalue weighted by Gasteiger charge is 2.40. The SMILES string of the molecule is NC(=O)c1nn(CC(=O)N2C[C@H](F)C[C@H]2C(=O)Cc2cccc(-c3cccc(Cl)c3)c2F)c2ccc(C#Cc3ncccn3)cc12. The third-order valence-electron chi connectivity index (χ3n) is 7.67. The third kappa shape index (κ3) is 6.34. The number of nitrogens with two attached hydrogens (primary N) is 1. The molecule has 2 amide bonds. The fraction of sp³-hybridized carbons (Fsp3) is 0.176. The van der Waals surface area contributed by atoms with Crippen LogP contribution in [0.3, 0.4) is 0 Å². The van der Waals surface area contributed by atoms with E-state index in [1.165, 1.54) is 10.7 Å². The van der Waals surface area contributed by atoms with Crippen LogP contribution >= 0.6 is 11.6 Å². The molecule has 2 aromatic heterocycles. The van der Waals surface area contributed by atoms with E-state index in [1.807, 2.05) is 0 Å². The zero-order valence-corrected chi connectivity index (χ0v) is 24.9. The van der Waals surface area contributed by atoms with Gasteiger partial charge < -0.3 is 10.6 Å². The molecule has 0 radical (unpaired) electrons. The molecule has 230 valence electrons. The minimum absolute atomic E-state index is 0.0742. The summed E-state index contributed by atoms with van der Waals surface area (Å²) in [5, 5.41) is 5.06. The van der Waals surface area contributed by atoms with Gasteiger partial charge in [-0.3, -0.25) is 19.1 Å². The number of ketones is 1. The Labute approximate surface area is 267 Å². The Morgan fingerprint density at radius 2 is 1.78 bits per heavy atom. The molecule has 1 aliphatic heterocycles. The van der Waals surface area contributed by atoms with Crippen molar-refractivity contribution in [1.29, 1.82) is 0 Å². The van der Waals surface area contributed by atoms with Gasteiger partial charge in [-0.2, -0.15) is 5.10 Å². The van der Waals surface area contributed by atoms with Gasteiger partial charge in [0.05, 0.1) is 18.1 Å². The van der Waals surface area contributed by atoms with E-state index < -0.39 is 35.6 Å². The minimum atomic E-state index is -1.44. The fourth-order valence-electron chi connectivity index (χ4n) is 5.54. The number of hydrogen-bond acceptors (Lipinski definition) is 6. The lowest BCUT2D eigenvalue weighted by Crippen LogP contribution is -2.43. The van der Waals surface area contributed by atoms with Crippen molar-refractivity contribution < 1.29 is 23.2 Å². The molecular formula is C34H25ClF2N6O3. The van der Waals surface area contributed by atoms with Gasteiger partial charge in [0.15, 0.2) is 11.5 Å². The molecule has 0 aliphatic carbocycles. The quantitative estimate of drug-likeness (QED) is 0.261. The lowest BCUT2D eigenvalue weighted by atomic mass is 9.97. The number of rotatable bonds is 7. The van der Waals surface area contributed by atoms with Gasteiger partial charge in [-0.1, -0.05) is 47.9 Å². The summed E-state index contributed by atoms with van der Waals surface area (Å²) in [4.78, 5) is 48.5. The number of carbonyl (C=O) groups excluding carboxylic acids is 3. The maximum atomic E-state index is 15.5. The monoisotopic (exact) mass is 638 g/mol. The molecule has 1 aliphatic rings. The van der Waals surface area contributed by atoms with E-state index in [1.54, 1.807) is 73.1 Å². The van der Waals surface area contributed by atoms with E-state index in [9.17, 15) is 18.8 Å². The molecule has 9 nitrogen and oxygen atoms in total. The summed E-state index contributed by atoms with van der Waals surface area (Å²) in [6.45, 7) is -0.689. The molecule has 3 heterocycles. The molecule has 2 N–H and O–H groups in total. The minimum Gasteiger partial charge on any atom is -0.364 e. The molecule has 1 fully saturated rings. The highest BCUT2D eigenvalue weighted by molar-refractivity contribution is 6.30. The van der Waals surface area contributed by atoms with Crippen LogP contribution in [0.4, 0.5) is 8.78 Å². The zero-order chi connectivity index (χ0) is 32.4. The normalized spacial score (nSPS) is 15.8. The second-order valence-electron chi connectivity index (χ2n) is 10.8. The first-order valence-electron chi connectivity index (χ1n) is 14.3. The number of carbonyl (C=O) groups is 3. The van der Waals surface area contributed by atoms with E-state index in [4.69, 9.17) is 17.3 Å². The third-order valence-corrected chi connectivity index (χ3v) is 7.91. The molecule has 12 heteroatoms. The maximum Gasteiger partial charge on any atom is 0.269 e. The van der Waals surface area contributed by atoms with Crippen LogP contribution in [-0.2, 0) is 22.6 Å². The van der Waals surface area contributed by atoms with Crippen LogP contribution in [0.1, 0.15) is 33.9 Å². The smallest absolute Gasteiger partial charge is 0.269 e. The van der Waals surface area contributed by atoms with Crippen LogP contribution in [0, 0.1) is 17.7 Å². The zero-order valence-electron chi connectivity index (χ0n) is 24.2. The number of Topliss-reactive ketones (excluding diaryl/α,β-unsaturated/α-hetero) is 1. The predicted molar refractivity (Wildman–Crippen MR) is 167 cm³/mol. The summed E-state index contributed by atoms with van der Waals surface area (Å²) >= 11 is 6.08. The van der Waals surface area contributed by atoms with Gasteiger partial charge in [0.2, 0.25) is 11.7 Å². The number of likely N-dealkylation sites (tertiary alicyclic amines) is 1. The molecule has 0 unspecified atom stereocenters. The van der Waals surface area contributed by atoms with Crippen molar-refractivity contribution in [2.75, 3.05) is 6.54 Å². The van der Waals surface area contributed by atoms with Crippen molar-refractivity contribution in [2.24, 2.45) is 5.73 Å². The number of primary amides is 1. The number of halogens is 3. The van der Waals surface area contributed by atoms with Crippen LogP contribution in [-0.4, -0.2) is 61.0 Å². The highest BCUT2D eigenvalue weighted by atomic mass is 35.5. The first-order chi connectivity index (χ1) is 22.2. The van der Waals surface area contributed by atoms with E-state index in [0.717, 1.165) is 4.90 Å². The lowest BCUT2D eigenvalue weighted by Gasteiger charge is -2.23. The first kappa shape index (κ1) is 30.6. The van der Waals surface area contributed by atoms with Gasteiger partial charge in [-0.05, 0) is 53.4 Å². The average molecular weight is 639 g/mol. The summed E-state index contributed by atoms with van der Waals surface area (Å²) in [7, 11) is 0. The molecule has 2 atom stereocenters. The Hall–Kier alpha value is -5.47. The predicted octanol–water partition coefficient (Wildman–Crippen LogP) is 4.54. The van der Waals surface area contributed by atoms with Crippen molar-refractivity contribution in [3.05, 3.63) is 113 Å². The standard InChI is InChI=1S/C34H25ClF2N6O3/c35-23-6-1-4-21(15-23)25-7-2-5-22(32(25)37)16-29(44)28-17-24(36)18-42(28)31(45)19-43-27-10-8-20(9-11-30-39-12-3-13-40-30)14-26(27)33(41-43)34(38)46/h1-8,10,12-15,24,28H,16-19H2,(H2,38,46)/t24-,28+/m1/s1. The number of fused-ring (bicyclic) bond motifs is 1. The highest BCUT2D eigenvalue weighted by Crippen LogP contribution is 2.29. The number of benzene rings is 3. The van der Waals surface area contributed by atoms with E-state index >= 15 is 4.39 Å². The Kier molecular flexibility index (Phi) is 8.55. The maximum absolute atomic E-state index is 15.5. The summed E-state index contributed by atoms with van der Waals surface area (Å²) in [5.74, 6) is 3.59. The summed E-state index contributed by atoms with van der Waals surface area (Å²) in [6, 6.07) is 16.9. The van der Waals surface area contributed by atoms with Gasteiger partial charge in [-0.15, -0.1) is 0 Å². The van der Waals surface area contributed by atoms with Gasteiger partial charge in [0, 0.05) is 46.8 Å². The molecule has 1 saturated heterocycles. The topological polar surface area (TPSA) is 124 Å². The number of alkyl halides is 1. The van der Waals surface area contributed by atoms with E-state index in [2.05, 4.69) is 26.9 Å². The second-order valence-corrected chi connectivity index (χ2v) is 11.2. The molecule has 0 bridgehead atoms. The van der Waals surface area contributed by atoms with E-state index in [0.29, 0.717) is 32.9 Å². The van der Waals surface area contributed by atoms with Crippen LogP contribution in [0.25, 0.3) is 22.0 Å². The van der Waals surface area contributed by atoms with Crippen molar-refractivity contribution in [3.63, 3.8) is 0 Å². The second kappa shape index (κ2) is 12.9. The largest absolute Gasteiger partial charge is 0.364 e. The van der Waals surface area contributed by atoms with Crippen LogP contribution in [0.2, 0.25) is 5.02 Å². The fourth-order valence-corrected chi connectivity index (χ4v) is 5.73. The van der Waals surface area contributed by atoms with Gasteiger partial charge >= 0.3 is 0 Å². The number of hydrogen-bond donors (Lipinski definition) is 1. The van der Waals surface area contributed by atoms with Crippen LogP contribution in [0.15, 0.2) is 79.1 Å². The molecule has 46 heavy (non-hydrogen) atoms. The van der Waals surface area contributed by atoms with Crippen molar-refractivity contribution in [2.45, 2.75) is 31.6 Å². The summed E-state index contributed by atoms with van der Waals surface area (Å²) in [6.07, 6.45) is 1.14. The first-order valence-corrected chi connectivity index (χ1v) is 14.6. The molecule has 3 aromatic carbocycles. The molecule has 0 spiro atoms. The number of nitrogens with zero attached hydrogens (tertiary/aromatic N) is 5. The molecular weight excluding hydrogens is 614 g/mol. The van der Waals surface area contributed by atoms with Crippen LogP contribution in [0.5, 0.6) is 0 Å². The summed E-state index contributed by atoms with van der Waals surface area (Å²) in [5.41, 5.74) is 7.41. The Bertz CT molecular complexity index is 2060. The van der Waals surface area contributed by atoms with Crippen molar-refractivity contribution in [1.82, 2.24) is 24.6 Å². The Balaban J connectivity index is 1.23. The lowest BCUT2D eigenvalue weighted by molar-refractivity contribution is -0.138. The Morgan fingerprint density at radius 3 is 2.54 bits per heavy atom. The van der Waals surface area contributed by atoms with Gasteiger partial charge in [0.25, 0.3) is 5.91 Å². The Morgan fingerprint density at radius 1 is 1.00 bits per heavy atom. The number of amides is 2. The van der Waals surface area contributed by atoms with Crippen molar-refractivity contribution in [3.8, 4) is 23.0 Å². The van der Waals surface area contributed by atoms with Crippen LogP contribution < -0.4 is 5.73 Å². The van der Waals surface area contributed by atoms with Crippen molar-refractivity contribution >= 4 is 40.1 Å². The molecule has 5 aromatic rings.